The number of rotatable bonds is 4. The Hall–Kier alpha value is -1.14. The van der Waals surface area contributed by atoms with Crippen LogP contribution in [-0.4, -0.2) is 32.4 Å². The number of fused-ring (bicyclic) bond motifs is 1. The van der Waals surface area contributed by atoms with Crippen molar-refractivity contribution in [1.82, 2.24) is 14.6 Å². The number of nitrogens with zero attached hydrogens (tertiary/aromatic N) is 3. The largest absolute Gasteiger partial charge is 0.394 e. The maximum absolute atomic E-state index is 9.07. The van der Waals surface area contributed by atoms with Gasteiger partial charge in [0.1, 0.15) is 0 Å². The summed E-state index contributed by atoms with van der Waals surface area (Å²) in [5, 5.41) is 16.4. The third-order valence-electron chi connectivity index (χ3n) is 2.34. The Morgan fingerprint density at radius 1 is 1.56 bits per heavy atom. The number of nitrogens with one attached hydrogen (secondary N) is 1. The number of hydrogen-bond acceptors (Lipinski definition) is 4. The Labute approximate surface area is 102 Å². The van der Waals surface area contributed by atoms with Crippen molar-refractivity contribution in [1.29, 1.82) is 0 Å². The molecule has 0 bridgehead atoms. The molecule has 86 valence electrons. The van der Waals surface area contributed by atoms with Gasteiger partial charge in [0.15, 0.2) is 5.65 Å². The first-order valence-electron chi connectivity index (χ1n) is 5.12. The molecule has 2 rings (SSSR count). The number of hydrogen-bond donors (Lipinski definition) is 2. The van der Waals surface area contributed by atoms with Crippen LogP contribution in [0.25, 0.3) is 5.65 Å². The van der Waals surface area contributed by atoms with Gasteiger partial charge in [-0.15, -0.1) is 5.10 Å². The highest BCUT2D eigenvalue weighted by Crippen LogP contribution is 2.12. The Bertz CT molecular complexity index is 481. The minimum atomic E-state index is 0.000790. The van der Waals surface area contributed by atoms with Gasteiger partial charge in [0.25, 0.3) is 0 Å². The summed E-state index contributed by atoms with van der Waals surface area (Å²) in [6.07, 6.45) is 2.67. The second-order valence-corrected chi connectivity index (χ2v) is 4.43. The molecule has 0 amide bonds. The quantitative estimate of drug-likeness (QED) is 0.897. The van der Waals surface area contributed by atoms with E-state index in [-0.39, 0.29) is 12.6 Å². The summed E-state index contributed by atoms with van der Waals surface area (Å²) in [6.45, 7) is 2.08. The normalized spacial score (nSPS) is 12.9. The molecule has 0 aliphatic carbocycles. The highest BCUT2D eigenvalue weighted by atomic mass is 79.9. The fourth-order valence-corrected chi connectivity index (χ4v) is 1.70. The van der Waals surface area contributed by atoms with E-state index < -0.39 is 0 Å². The summed E-state index contributed by atoms with van der Waals surface area (Å²) in [5.41, 5.74) is 0.776. The van der Waals surface area contributed by atoms with Gasteiger partial charge in [0, 0.05) is 10.7 Å². The lowest BCUT2D eigenvalue weighted by atomic mass is 10.2. The summed E-state index contributed by atoms with van der Waals surface area (Å²) in [6, 6.07) is 3.79. The van der Waals surface area contributed by atoms with Crippen molar-refractivity contribution in [2.75, 3.05) is 11.9 Å². The summed E-state index contributed by atoms with van der Waals surface area (Å²) in [4.78, 5) is 4.30. The predicted molar refractivity (Wildman–Crippen MR) is 65.5 cm³/mol. The van der Waals surface area contributed by atoms with Crippen molar-refractivity contribution in [2.24, 2.45) is 0 Å². The van der Waals surface area contributed by atoms with Gasteiger partial charge in [0.05, 0.1) is 12.6 Å². The number of pyridine rings is 1. The van der Waals surface area contributed by atoms with E-state index in [0.717, 1.165) is 16.5 Å². The van der Waals surface area contributed by atoms with E-state index in [4.69, 9.17) is 5.11 Å². The molecule has 0 aliphatic rings. The first kappa shape index (κ1) is 11.3. The molecule has 5 nitrogen and oxygen atoms in total. The summed E-state index contributed by atoms with van der Waals surface area (Å²) in [7, 11) is 0. The van der Waals surface area contributed by atoms with Crippen LogP contribution in [0, 0.1) is 0 Å². The van der Waals surface area contributed by atoms with E-state index in [2.05, 4.69) is 31.3 Å². The third-order valence-corrected chi connectivity index (χ3v) is 2.81. The third kappa shape index (κ3) is 2.33. The number of halogens is 1. The summed E-state index contributed by atoms with van der Waals surface area (Å²) >= 11 is 3.37. The van der Waals surface area contributed by atoms with Crippen LogP contribution in [0.3, 0.4) is 0 Å². The lowest BCUT2D eigenvalue weighted by molar-refractivity contribution is 0.271. The zero-order valence-corrected chi connectivity index (χ0v) is 10.5. The summed E-state index contributed by atoms with van der Waals surface area (Å²) < 4.78 is 2.64. The van der Waals surface area contributed by atoms with Crippen molar-refractivity contribution in [2.45, 2.75) is 19.4 Å². The molecular weight excluding hydrogens is 272 g/mol. The van der Waals surface area contributed by atoms with Crippen LogP contribution in [0.5, 0.6) is 0 Å². The SMILES string of the molecule is CCC(CO)Nc1nc2ccc(Br)cn2n1. The molecular formula is C10H13BrN4O. The molecule has 0 radical (unpaired) electrons. The predicted octanol–water partition coefficient (Wildman–Crippen LogP) is 1.67. The lowest BCUT2D eigenvalue weighted by Gasteiger charge is -2.11. The molecule has 2 aromatic heterocycles. The van der Waals surface area contributed by atoms with Crippen LogP contribution < -0.4 is 5.32 Å². The van der Waals surface area contributed by atoms with E-state index >= 15 is 0 Å². The van der Waals surface area contributed by atoms with Crippen LogP contribution in [0.2, 0.25) is 0 Å². The molecule has 0 fully saturated rings. The molecule has 0 saturated carbocycles. The molecule has 2 heterocycles. The van der Waals surface area contributed by atoms with Crippen molar-refractivity contribution >= 4 is 27.5 Å². The smallest absolute Gasteiger partial charge is 0.243 e. The van der Waals surface area contributed by atoms with Crippen LogP contribution in [-0.2, 0) is 0 Å². The monoisotopic (exact) mass is 284 g/mol. The van der Waals surface area contributed by atoms with Crippen molar-refractivity contribution in [3.05, 3.63) is 22.8 Å². The second-order valence-electron chi connectivity index (χ2n) is 3.52. The van der Waals surface area contributed by atoms with Crippen molar-refractivity contribution in [3.8, 4) is 0 Å². The Balaban J connectivity index is 2.25. The van der Waals surface area contributed by atoms with Crippen molar-refractivity contribution in [3.63, 3.8) is 0 Å². The molecule has 2 N–H and O–H groups in total. The van der Waals surface area contributed by atoms with E-state index in [9.17, 15) is 0 Å². The van der Waals surface area contributed by atoms with Gasteiger partial charge in [-0.2, -0.15) is 4.98 Å². The molecule has 16 heavy (non-hydrogen) atoms. The fourth-order valence-electron chi connectivity index (χ4n) is 1.38. The molecule has 6 heteroatoms. The highest BCUT2D eigenvalue weighted by molar-refractivity contribution is 9.10. The van der Waals surface area contributed by atoms with Gasteiger partial charge in [0.2, 0.25) is 5.95 Å². The Kier molecular flexibility index (Phi) is 3.40. The number of aliphatic hydroxyl groups excluding tert-OH is 1. The average Bonchev–Trinajstić information content (AvgIpc) is 2.67. The zero-order valence-electron chi connectivity index (χ0n) is 8.89. The number of anilines is 1. The van der Waals surface area contributed by atoms with Gasteiger partial charge in [-0.1, -0.05) is 6.92 Å². The fraction of sp³-hybridized carbons (Fsp3) is 0.400. The van der Waals surface area contributed by atoms with E-state index in [1.54, 1.807) is 4.52 Å². The van der Waals surface area contributed by atoms with Gasteiger partial charge in [-0.3, -0.25) is 0 Å². The molecule has 0 aliphatic heterocycles. The molecule has 1 unspecified atom stereocenters. The van der Waals surface area contributed by atoms with Gasteiger partial charge >= 0.3 is 0 Å². The molecule has 0 saturated heterocycles. The minimum absolute atomic E-state index is 0.000790. The first-order valence-corrected chi connectivity index (χ1v) is 5.91. The number of aromatic nitrogens is 3. The van der Waals surface area contributed by atoms with Gasteiger partial charge in [-0.25, -0.2) is 4.52 Å². The van der Waals surface area contributed by atoms with Crippen molar-refractivity contribution < 1.29 is 5.11 Å². The highest BCUT2D eigenvalue weighted by Gasteiger charge is 2.08. The molecule has 0 aromatic carbocycles. The second kappa shape index (κ2) is 4.80. The maximum Gasteiger partial charge on any atom is 0.243 e. The van der Waals surface area contributed by atoms with Crippen LogP contribution >= 0.6 is 15.9 Å². The summed E-state index contributed by atoms with van der Waals surface area (Å²) in [5.74, 6) is 0.541. The maximum atomic E-state index is 9.07. The van der Waals surface area contributed by atoms with Gasteiger partial charge < -0.3 is 10.4 Å². The average molecular weight is 285 g/mol. The Morgan fingerprint density at radius 2 is 2.38 bits per heavy atom. The molecule has 2 aromatic rings. The lowest BCUT2D eigenvalue weighted by Crippen LogP contribution is -2.23. The molecule has 1 atom stereocenters. The van der Waals surface area contributed by atoms with Crippen LogP contribution in [0.4, 0.5) is 5.95 Å². The zero-order chi connectivity index (χ0) is 11.5. The van der Waals surface area contributed by atoms with Crippen LogP contribution in [0.15, 0.2) is 22.8 Å². The number of aliphatic hydroxyl groups is 1. The van der Waals surface area contributed by atoms with E-state index in [1.807, 2.05) is 25.3 Å². The Morgan fingerprint density at radius 3 is 3.06 bits per heavy atom. The van der Waals surface area contributed by atoms with Crippen LogP contribution in [0.1, 0.15) is 13.3 Å². The van der Waals surface area contributed by atoms with Gasteiger partial charge in [-0.05, 0) is 34.5 Å². The first-order chi connectivity index (χ1) is 7.72. The van der Waals surface area contributed by atoms with E-state index in [1.165, 1.54) is 0 Å². The minimum Gasteiger partial charge on any atom is -0.394 e. The standard InChI is InChI=1S/C10H13BrN4O/c1-2-8(6-16)12-10-13-9-4-3-7(11)5-15(9)14-10/h3-5,8,16H,2,6H2,1H3,(H,12,14). The molecule has 0 spiro atoms. The van der Waals surface area contributed by atoms with E-state index in [0.29, 0.717) is 5.95 Å². The topological polar surface area (TPSA) is 62.5 Å².